The normalized spacial score (nSPS) is 7.60. The maximum absolute atomic E-state index is 2.00. The fourth-order valence-corrected chi connectivity index (χ4v) is 0. The Morgan fingerprint density at radius 1 is 1.00 bits per heavy atom. The monoisotopic (exact) mass is 240 g/mol. The Morgan fingerprint density at radius 2 is 1.20 bits per heavy atom. The predicted octanol–water partition coefficient (Wildman–Crippen LogP) is 1.58. The molecule has 0 aromatic rings. The molecule has 30 valence electrons. The van der Waals surface area contributed by atoms with Crippen molar-refractivity contribution in [2.45, 2.75) is 13.8 Å². The average Bonchev–Trinajstić information content (AvgIpc) is 1.37. The van der Waals surface area contributed by atoms with Crippen molar-refractivity contribution in [2.75, 3.05) is 0 Å². The average molecular weight is 240 g/mol. The molecule has 0 aromatic carbocycles. The van der Waals surface area contributed by atoms with E-state index < -0.39 is 0 Å². The second kappa shape index (κ2) is 8.83. The number of allylic oxidation sites excluding steroid dienone is 2. The second-order valence-electron chi connectivity index (χ2n) is 0.667. The van der Waals surface area contributed by atoms with E-state index in [1.54, 1.807) is 0 Å². The van der Waals surface area contributed by atoms with Crippen molar-refractivity contribution in [3.8, 4) is 0 Å². The maximum atomic E-state index is 2.00. The summed E-state index contributed by atoms with van der Waals surface area (Å²) in [5.41, 5.74) is 0. The number of hydrogen-bond donors (Lipinski definition) is 0. The van der Waals surface area contributed by atoms with Crippen molar-refractivity contribution < 1.29 is 21.1 Å². The van der Waals surface area contributed by atoms with Crippen LogP contribution >= 0.6 is 0 Å². The molecule has 0 heterocycles. The molecule has 0 saturated carbocycles. The van der Waals surface area contributed by atoms with Crippen molar-refractivity contribution in [1.29, 1.82) is 0 Å². The van der Waals surface area contributed by atoms with Gasteiger partial charge < -0.3 is 0 Å². The molecule has 0 unspecified atom stereocenters. The fraction of sp³-hybridized carbons (Fsp3) is 0.500. The van der Waals surface area contributed by atoms with E-state index in [0.717, 1.165) is 0 Å². The molecule has 0 N–H and O–H groups in total. The van der Waals surface area contributed by atoms with E-state index >= 15 is 0 Å². The Hall–Kier alpha value is 0.428. The van der Waals surface area contributed by atoms with E-state index in [1.165, 1.54) is 0 Å². The topological polar surface area (TPSA) is 0 Å². The quantitative estimate of drug-likeness (QED) is 0.564. The molecule has 0 nitrogen and oxygen atoms in total. The molecular formula is C4H8W. The van der Waals surface area contributed by atoms with Crippen LogP contribution in [-0.2, 0) is 21.1 Å². The molecular weight excluding hydrogens is 232 g/mol. The van der Waals surface area contributed by atoms with Gasteiger partial charge in [0.2, 0.25) is 0 Å². The van der Waals surface area contributed by atoms with E-state index in [1.807, 2.05) is 26.0 Å². The van der Waals surface area contributed by atoms with Gasteiger partial charge in [-0.2, -0.15) is 0 Å². The van der Waals surface area contributed by atoms with Crippen LogP contribution in [0.4, 0.5) is 0 Å². The zero-order valence-corrected chi connectivity index (χ0v) is 6.50. The molecule has 0 aliphatic heterocycles. The van der Waals surface area contributed by atoms with Gasteiger partial charge in [-0.15, -0.1) is 0 Å². The van der Waals surface area contributed by atoms with Gasteiger partial charge in [-0.1, -0.05) is 12.2 Å². The molecule has 0 aliphatic rings. The van der Waals surface area contributed by atoms with Gasteiger partial charge in [0.25, 0.3) is 0 Å². The van der Waals surface area contributed by atoms with Crippen molar-refractivity contribution in [1.82, 2.24) is 0 Å². The summed E-state index contributed by atoms with van der Waals surface area (Å²) in [6.07, 6.45) is 4.00. The summed E-state index contributed by atoms with van der Waals surface area (Å²) in [6, 6.07) is 0. The number of rotatable bonds is 0. The summed E-state index contributed by atoms with van der Waals surface area (Å²) in [5, 5.41) is 0. The predicted molar refractivity (Wildman–Crippen MR) is 20.5 cm³/mol. The Balaban J connectivity index is 0. The number of hydrogen-bond acceptors (Lipinski definition) is 0. The van der Waals surface area contributed by atoms with E-state index in [2.05, 4.69) is 0 Å². The summed E-state index contributed by atoms with van der Waals surface area (Å²) in [6.45, 7) is 4.00. The molecule has 0 bridgehead atoms. The molecule has 5 heavy (non-hydrogen) atoms. The first-order valence-corrected chi connectivity index (χ1v) is 1.49. The third kappa shape index (κ3) is 12.8. The first kappa shape index (κ1) is 9.06. The van der Waals surface area contributed by atoms with Crippen LogP contribution in [0.25, 0.3) is 0 Å². The summed E-state index contributed by atoms with van der Waals surface area (Å²) >= 11 is 0. The SMILES string of the molecule is C/C=C\C.[W]. The van der Waals surface area contributed by atoms with Crippen molar-refractivity contribution in [3.05, 3.63) is 12.2 Å². The van der Waals surface area contributed by atoms with Crippen molar-refractivity contribution in [2.24, 2.45) is 0 Å². The largest absolute Gasteiger partial charge is 0.0919 e. The van der Waals surface area contributed by atoms with Gasteiger partial charge in [0.05, 0.1) is 0 Å². The third-order valence-electron chi connectivity index (χ3n) is 0.333. The van der Waals surface area contributed by atoms with E-state index in [0.29, 0.717) is 0 Å². The maximum Gasteiger partial charge on any atom is 0 e. The molecule has 0 amide bonds. The van der Waals surface area contributed by atoms with Gasteiger partial charge in [-0.25, -0.2) is 0 Å². The van der Waals surface area contributed by atoms with E-state index in [9.17, 15) is 0 Å². The van der Waals surface area contributed by atoms with Crippen molar-refractivity contribution in [3.63, 3.8) is 0 Å². The summed E-state index contributed by atoms with van der Waals surface area (Å²) in [4.78, 5) is 0. The zero-order chi connectivity index (χ0) is 3.41. The van der Waals surface area contributed by atoms with E-state index in [4.69, 9.17) is 0 Å². The van der Waals surface area contributed by atoms with Crippen LogP contribution in [0.1, 0.15) is 13.8 Å². The molecule has 1 heteroatoms. The van der Waals surface area contributed by atoms with Gasteiger partial charge in [0.15, 0.2) is 0 Å². The van der Waals surface area contributed by atoms with Crippen LogP contribution < -0.4 is 0 Å². The zero-order valence-electron chi connectivity index (χ0n) is 3.56. The Bertz CT molecular complexity index is 18.8. The van der Waals surface area contributed by atoms with Crippen LogP contribution in [0.5, 0.6) is 0 Å². The van der Waals surface area contributed by atoms with Gasteiger partial charge in [0, 0.05) is 21.1 Å². The molecule has 0 spiro atoms. The summed E-state index contributed by atoms with van der Waals surface area (Å²) in [5.74, 6) is 0. The standard InChI is InChI=1S/C4H8.W/c1-3-4-2;/h3-4H,1-2H3;/b4-3-;. The minimum Gasteiger partial charge on any atom is -0.0919 e. The molecule has 0 saturated heterocycles. The first-order valence-electron chi connectivity index (χ1n) is 1.49. The van der Waals surface area contributed by atoms with Crippen LogP contribution in [0.3, 0.4) is 0 Å². The third-order valence-corrected chi connectivity index (χ3v) is 0.333. The van der Waals surface area contributed by atoms with Gasteiger partial charge in [-0.05, 0) is 13.8 Å². The Kier molecular flexibility index (Phi) is 16.0. The Morgan fingerprint density at radius 3 is 1.20 bits per heavy atom. The molecule has 0 aromatic heterocycles. The minimum atomic E-state index is 0. The van der Waals surface area contributed by atoms with Crippen LogP contribution in [-0.4, -0.2) is 0 Å². The van der Waals surface area contributed by atoms with Gasteiger partial charge >= 0.3 is 0 Å². The minimum absolute atomic E-state index is 0. The Labute approximate surface area is 47.5 Å². The second-order valence-corrected chi connectivity index (χ2v) is 0.667. The van der Waals surface area contributed by atoms with Gasteiger partial charge in [0.1, 0.15) is 0 Å². The molecule has 0 atom stereocenters. The van der Waals surface area contributed by atoms with Crippen LogP contribution in [0, 0.1) is 0 Å². The molecule has 0 fully saturated rings. The molecule has 0 aliphatic carbocycles. The van der Waals surface area contributed by atoms with Crippen LogP contribution in [0.2, 0.25) is 0 Å². The van der Waals surface area contributed by atoms with Gasteiger partial charge in [-0.3, -0.25) is 0 Å². The summed E-state index contributed by atoms with van der Waals surface area (Å²) in [7, 11) is 0. The molecule has 0 rings (SSSR count). The fourth-order valence-electron chi connectivity index (χ4n) is 0. The smallest absolute Gasteiger partial charge is 0 e. The molecule has 0 radical (unpaired) electrons. The van der Waals surface area contributed by atoms with Crippen molar-refractivity contribution >= 4 is 0 Å². The summed E-state index contributed by atoms with van der Waals surface area (Å²) < 4.78 is 0. The van der Waals surface area contributed by atoms with E-state index in [-0.39, 0.29) is 21.1 Å². The van der Waals surface area contributed by atoms with Crippen LogP contribution in [0.15, 0.2) is 12.2 Å². The first-order chi connectivity index (χ1) is 1.91.